The van der Waals surface area contributed by atoms with Crippen molar-refractivity contribution in [3.05, 3.63) is 29.8 Å². The zero-order valence-electron chi connectivity index (χ0n) is 14.4. The van der Waals surface area contributed by atoms with Crippen LogP contribution in [-0.4, -0.2) is 47.4 Å². The third kappa shape index (κ3) is 4.14. The first-order chi connectivity index (χ1) is 11.8. The van der Waals surface area contributed by atoms with Crippen molar-refractivity contribution >= 4 is 29.5 Å². The number of amides is 4. The van der Waals surface area contributed by atoms with Gasteiger partial charge in [-0.2, -0.15) is 0 Å². The van der Waals surface area contributed by atoms with Crippen LogP contribution >= 0.6 is 0 Å². The summed E-state index contributed by atoms with van der Waals surface area (Å²) in [5.74, 6) is -1.82. The first kappa shape index (κ1) is 18.4. The summed E-state index contributed by atoms with van der Waals surface area (Å²) in [4.78, 5) is 48.5. The van der Waals surface area contributed by atoms with Crippen LogP contribution in [0.2, 0.25) is 0 Å². The van der Waals surface area contributed by atoms with E-state index in [2.05, 4.69) is 10.6 Å². The smallest absolute Gasteiger partial charge is 0.326 e. The minimum absolute atomic E-state index is 0.405. The van der Waals surface area contributed by atoms with E-state index in [0.29, 0.717) is 12.1 Å². The molecule has 0 saturated carbocycles. The number of nitrogens with one attached hydrogen (secondary N) is 2. The topological polar surface area (TPSA) is 105 Å². The highest BCUT2D eigenvalue weighted by Gasteiger charge is 2.47. The van der Waals surface area contributed by atoms with Crippen molar-refractivity contribution in [1.29, 1.82) is 0 Å². The van der Waals surface area contributed by atoms with Crippen LogP contribution < -0.4 is 10.6 Å². The first-order valence-electron chi connectivity index (χ1n) is 7.92. The normalized spacial score (nSPS) is 19.6. The van der Waals surface area contributed by atoms with Gasteiger partial charge in [0.15, 0.2) is 6.61 Å². The van der Waals surface area contributed by atoms with Crippen LogP contribution in [0, 0.1) is 6.92 Å². The number of para-hydroxylation sites is 1. The van der Waals surface area contributed by atoms with Crippen LogP contribution in [0.25, 0.3) is 0 Å². The van der Waals surface area contributed by atoms with Crippen molar-refractivity contribution in [2.45, 2.75) is 32.7 Å². The van der Waals surface area contributed by atoms with Gasteiger partial charge < -0.3 is 15.4 Å². The maximum atomic E-state index is 12.2. The van der Waals surface area contributed by atoms with Gasteiger partial charge in [-0.3, -0.25) is 19.3 Å². The number of rotatable bonds is 6. The highest BCUT2D eigenvalue weighted by atomic mass is 16.5. The second kappa shape index (κ2) is 7.33. The molecule has 0 unspecified atom stereocenters. The maximum absolute atomic E-state index is 12.2. The summed E-state index contributed by atoms with van der Waals surface area (Å²) in [6.07, 6.45) is 0.405. The number of esters is 1. The molecule has 1 aromatic carbocycles. The molecule has 0 aromatic heterocycles. The number of imide groups is 1. The Bertz CT molecular complexity index is 718. The Morgan fingerprint density at radius 1 is 1.28 bits per heavy atom. The molecular weight excluding hydrogens is 326 g/mol. The number of benzene rings is 1. The monoisotopic (exact) mass is 347 g/mol. The fraction of sp³-hybridized carbons (Fsp3) is 0.412. The van der Waals surface area contributed by atoms with Gasteiger partial charge in [0.05, 0.1) is 0 Å². The van der Waals surface area contributed by atoms with Crippen molar-refractivity contribution in [1.82, 2.24) is 10.2 Å². The molecule has 0 bridgehead atoms. The second-order valence-corrected chi connectivity index (χ2v) is 6.03. The lowest BCUT2D eigenvalue weighted by Gasteiger charge is -2.18. The zero-order valence-corrected chi connectivity index (χ0v) is 14.4. The Balaban J connectivity index is 1.85. The Labute approximate surface area is 145 Å². The minimum atomic E-state index is -1.01. The number of carbonyl (C=O) groups is 4. The average molecular weight is 347 g/mol. The average Bonchev–Trinajstić information content (AvgIpc) is 2.79. The van der Waals surface area contributed by atoms with E-state index in [1.165, 1.54) is 0 Å². The van der Waals surface area contributed by atoms with Crippen molar-refractivity contribution < 1.29 is 23.9 Å². The van der Waals surface area contributed by atoms with Crippen molar-refractivity contribution in [3.63, 3.8) is 0 Å². The van der Waals surface area contributed by atoms with Gasteiger partial charge in [-0.15, -0.1) is 0 Å². The van der Waals surface area contributed by atoms with Gasteiger partial charge in [-0.1, -0.05) is 25.1 Å². The standard InChI is InChI=1S/C17H21N3O5/c1-4-17(3)15(23)20(16(24)19-17)9-14(22)25-10-13(21)18-12-8-6-5-7-11(12)2/h5-8H,4,9-10H2,1-3H3,(H,18,21)(H,19,24)/t17-/m0/s1. The minimum Gasteiger partial charge on any atom is -0.454 e. The fourth-order valence-corrected chi connectivity index (χ4v) is 2.35. The van der Waals surface area contributed by atoms with Crippen LogP contribution in [0.5, 0.6) is 0 Å². The van der Waals surface area contributed by atoms with Crippen LogP contribution in [0.3, 0.4) is 0 Å². The Morgan fingerprint density at radius 2 is 1.96 bits per heavy atom. The van der Waals surface area contributed by atoms with E-state index in [0.717, 1.165) is 10.5 Å². The number of ether oxygens (including phenoxy) is 1. The Kier molecular flexibility index (Phi) is 5.41. The van der Waals surface area contributed by atoms with Crippen LogP contribution in [-0.2, 0) is 19.1 Å². The Hall–Kier alpha value is -2.90. The third-order valence-electron chi connectivity index (χ3n) is 4.12. The van der Waals surface area contributed by atoms with Crippen molar-refractivity contribution in [2.24, 2.45) is 0 Å². The number of urea groups is 1. The van der Waals surface area contributed by atoms with E-state index in [1.807, 2.05) is 19.1 Å². The quantitative estimate of drug-likeness (QED) is 0.594. The lowest BCUT2D eigenvalue weighted by atomic mass is 9.99. The lowest BCUT2D eigenvalue weighted by Crippen LogP contribution is -2.43. The summed E-state index contributed by atoms with van der Waals surface area (Å²) in [6, 6.07) is 6.54. The molecule has 1 aliphatic rings. The van der Waals surface area contributed by atoms with Crippen LogP contribution in [0.1, 0.15) is 25.8 Å². The van der Waals surface area contributed by atoms with Gasteiger partial charge >= 0.3 is 12.0 Å². The molecule has 1 aliphatic heterocycles. The molecule has 2 N–H and O–H groups in total. The van der Waals surface area contributed by atoms with Crippen LogP contribution in [0.4, 0.5) is 10.5 Å². The first-order valence-corrected chi connectivity index (χ1v) is 7.92. The van der Waals surface area contributed by atoms with Gasteiger partial charge in [-0.05, 0) is 31.9 Å². The predicted molar refractivity (Wildman–Crippen MR) is 89.7 cm³/mol. The van der Waals surface area contributed by atoms with E-state index >= 15 is 0 Å². The number of aryl methyl sites for hydroxylation is 1. The number of nitrogens with zero attached hydrogens (tertiary/aromatic N) is 1. The highest BCUT2D eigenvalue weighted by molar-refractivity contribution is 6.08. The molecule has 2 rings (SSSR count). The summed E-state index contributed by atoms with van der Waals surface area (Å²) >= 11 is 0. The summed E-state index contributed by atoms with van der Waals surface area (Å²) in [5.41, 5.74) is 0.483. The summed E-state index contributed by atoms with van der Waals surface area (Å²) in [6.45, 7) is 4.16. The SMILES string of the molecule is CC[C@]1(C)NC(=O)N(CC(=O)OCC(=O)Nc2ccccc2C)C1=O. The molecule has 0 radical (unpaired) electrons. The molecule has 1 atom stereocenters. The molecule has 4 amide bonds. The maximum Gasteiger partial charge on any atom is 0.326 e. The molecule has 1 fully saturated rings. The molecule has 1 heterocycles. The van der Waals surface area contributed by atoms with E-state index in [4.69, 9.17) is 4.74 Å². The largest absolute Gasteiger partial charge is 0.454 e. The van der Waals surface area contributed by atoms with Crippen LogP contribution in [0.15, 0.2) is 24.3 Å². The van der Waals surface area contributed by atoms with Gasteiger partial charge in [0.25, 0.3) is 11.8 Å². The van der Waals surface area contributed by atoms with E-state index in [9.17, 15) is 19.2 Å². The van der Waals surface area contributed by atoms with E-state index < -0.39 is 42.5 Å². The molecule has 134 valence electrons. The lowest BCUT2D eigenvalue weighted by molar-refractivity contribution is -0.150. The van der Waals surface area contributed by atoms with E-state index in [-0.39, 0.29) is 0 Å². The molecule has 8 nitrogen and oxygen atoms in total. The molecule has 1 saturated heterocycles. The van der Waals surface area contributed by atoms with Gasteiger partial charge in [0.1, 0.15) is 12.1 Å². The number of carbonyl (C=O) groups excluding carboxylic acids is 4. The number of hydrogen-bond donors (Lipinski definition) is 2. The van der Waals surface area contributed by atoms with E-state index in [1.54, 1.807) is 26.0 Å². The highest BCUT2D eigenvalue weighted by Crippen LogP contribution is 2.20. The van der Waals surface area contributed by atoms with Gasteiger partial charge in [0.2, 0.25) is 0 Å². The molecule has 0 aliphatic carbocycles. The molecule has 8 heteroatoms. The van der Waals surface area contributed by atoms with Crippen molar-refractivity contribution in [2.75, 3.05) is 18.5 Å². The molecule has 25 heavy (non-hydrogen) atoms. The zero-order chi connectivity index (χ0) is 18.6. The van der Waals surface area contributed by atoms with Gasteiger partial charge in [0, 0.05) is 5.69 Å². The number of hydrogen-bond acceptors (Lipinski definition) is 5. The Morgan fingerprint density at radius 3 is 2.56 bits per heavy atom. The van der Waals surface area contributed by atoms with Gasteiger partial charge in [-0.25, -0.2) is 4.79 Å². The summed E-state index contributed by atoms with van der Waals surface area (Å²) < 4.78 is 4.85. The predicted octanol–water partition coefficient (Wildman–Crippen LogP) is 1.20. The number of anilines is 1. The van der Waals surface area contributed by atoms with Crippen molar-refractivity contribution in [3.8, 4) is 0 Å². The second-order valence-electron chi connectivity index (χ2n) is 6.03. The summed E-state index contributed by atoms with van der Waals surface area (Å²) in [7, 11) is 0. The molecular formula is C17H21N3O5. The fourth-order valence-electron chi connectivity index (χ4n) is 2.35. The molecule has 0 spiro atoms. The summed E-state index contributed by atoms with van der Waals surface area (Å²) in [5, 5.41) is 5.16. The molecule has 1 aromatic rings. The third-order valence-corrected chi connectivity index (χ3v) is 4.12.